The first-order chi connectivity index (χ1) is 9.91. The SMILES string of the molecule is CC(=O)NCCNC(=O)CN1CCNCC1C(=O)N(C)C. The van der Waals surface area contributed by atoms with Gasteiger partial charge >= 0.3 is 0 Å². The largest absolute Gasteiger partial charge is 0.355 e. The molecule has 0 bridgehead atoms. The van der Waals surface area contributed by atoms with Gasteiger partial charge < -0.3 is 20.9 Å². The average molecular weight is 299 g/mol. The highest BCUT2D eigenvalue weighted by atomic mass is 16.2. The van der Waals surface area contributed by atoms with E-state index in [1.165, 1.54) is 6.92 Å². The molecule has 0 aromatic rings. The summed E-state index contributed by atoms with van der Waals surface area (Å²) in [6.07, 6.45) is 0. The zero-order valence-corrected chi connectivity index (χ0v) is 12.9. The van der Waals surface area contributed by atoms with Gasteiger partial charge in [-0.25, -0.2) is 0 Å². The fraction of sp³-hybridized carbons (Fsp3) is 0.769. The van der Waals surface area contributed by atoms with Crippen molar-refractivity contribution in [2.45, 2.75) is 13.0 Å². The summed E-state index contributed by atoms with van der Waals surface area (Å²) < 4.78 is 0. The second kappa shape index (κ2) is 8.58. The van der Waals surface area contributed by atoms with Crippen molar-refractivity contribution in [3.05, 3.63) is 0 Å². The molecule has 1 fully saturated rings. The lowest BCUT2D eigenvalue weighted by Gasteiger charge is -2.35. The molecule has 1 atom stereocenters. The summed E-state index contributed by atoms with van der Waals surface area (Å²) in [7, 11) is 3.42. The summed E-state index contributed by atoms with van der Waals surface area (Å²) in [5, 5.41) is 8.51. The lowest BCUT2D eigenvalue weighted by Crippen LogP contribution is -2.59. The Bertz CT molecular complexity index is 386. The van der Waals surface area contributed by atoms with Crippen LogP contribution in [-0.2, 0) is 14.4 Å². The van der Waals surface area contributed by atoms with E-state index < -0.39 is 0 Å². The van der Waals surface area contributed by atoms with Crippen molar-refractivity contribution in [2.75, 3.05) is 53.4 Å². The topological polar surface area (TPSA) is 93.8 Å². The Kier molecular flexibility index (Phi) is 7.10. The molecule has 1 heterocycles. The standard InChI is InChI=1S/C13H25N5O3/c1-10(19)15-4-5-16-12(20)9-18-7-6-14-8-11(18)13(21)17(2)3/h11,14H,4-9H2,1-3H3,(H,15,19)(H,16,20). The maximum absolute atomic E-state index is 12.1. The molecule has 1 rings (SSSR count). The Morgan fingerprint density at radius 2 is 1.90 bits per heavy atom. The van der Waals surface area contributed by atoms with Crippen LogP contribution < -0.4 is 16.0 Å². The van der Waals surface area contributed by atoms with Crippen LogP contribution >= 0.6 is 0 Å². The molecule has 1 aliphatic rings. The Morgan fingerprint density at radius 3 is 2.52 bits per heavy atom. The van der Waals surface area contributed by atoms with E-state index in [-0.39, 0.29) is 30.3 Å². The number of nitrogens with one attached hydrogen (secondary N) is 3. The second-order valence-corrected chi connectivity index (χ2v) is 5.26. The molecule has 0 aliphatic carbocycles. The Balaban J connectivity index is 2.40. The minimum Gasteiger partial charge on any atom is -0.355 e. The second-order valence-electron chi connectivity index (χ2n) is 5.26. The van der Waals surface area contributed by atoms with Crippen molar-refractivity contribution in [3.63, 3.8) is 0 Å². The zero-order chi connectivity index (χ0) is 15.8. The van der Waals surface area contributed by atoms with Crippen LogP contribution in [0.2, 0.25) is 0 Å². The van der Waals surface area contributed by atoms with E-state index in [1.54, 1.807) is 19.0 Å². The number of carbonyl (C=O) groups excluding carboxylic acids is 3. The van der Waals surface area contributed by atoms with Gasteiger partial charge in [-0.3, -0.25) is 19.3 Å². The smallest absolute Gasteiger partial charge is 0.240 e. The van der Waals surface area contributed by atoms with Crippen LogP contribution in [0, 0.1) is 0 Å². The van der Waals surface area contributed by atoms with E-state index in [9.17, 15) is 14.4 Å². The summed E-state index contributed by atoms with van der Waals surface area (Å²) >= 11 is 0. The first-order valence-electron chi connectivity index (χ1n) is 7.09. The van der Waals surface area contributed by atoms with Gasteiger partial charge in [0, 0.05) is 53.7 Å². The van der Waals surface area contributed by atoms with Gasteiger partial charge in [0.1, 0.15) is 6.04 Å². The van der Waals surface area contributed by atoms with Gasteiger partial charge in [-0.2, -0.15) is 0 Å². The Morgan fingerprint density at radius 1 is 1.24 bits per heavy atom. The number of piperazine rings is 1. The third-order valence-electron chi connectivity index (χ3n) is 3.25. The van der Waals surface area contributed by atoms with Gasteiger partial charge in [0.25, 0.3) is 0 Å². The first-order valence-corrected chi connectivity index (χ1v) is 7.09. The number of likely N-dealkylation sites (N-methyl/N-ethyl adjacent to an activating group) is 1. The molecule has 120 valence electrons. The monoisotopic (exact) mass is 299 g/mol. The van der Waals surface area contributed by atoms with Gasteiger partial charge in [0.2, 0.25) is 17.7 Å². The van der Waals surface area contributed by atoms with Crippen molar-refractivity contribution in [1.29, 1.82) is 0 Å². The first kappa shape index (κ1) is 17.4. The quantitative estimate of drug-likeness (QED) is 0.476. The zero-order valence-electron chi connectivity index (χ0n) is 12.9. The predicted octanol–water partition coefficient (Wildman–Crippen LogP) is -2.40. The van der Waals surface area contributed by atoms with Crippen LogP contribution in [0.4, 0.5) is 0 Å². The van der Waals surface area contributed by atoms with Crippen molar-refractivity contribution in [3.8, 4) is 0 Å². The maximum Gasteiger partial charge on any atom is 0.240 e. The Labute approximate surface area is 125 Å². The van der Waals surface area contributed by atoms with Crippen LogP contribution in [0.3, 0.4) is 0 Å². The molecule has 21 heavy (non-hydrogen) atoms. The molecule has 1 saturated heterocycles. The van der Waals surface area contributed by atoms with Crippen LogP contribution in [0.5, 0.6) is 0 Å². The van der Waals surface area contributed by atoms with Gasteiger partial charge in [-0.05, 0) is 0 Å². The summed E-state index contributed by atoms with van der Waals surface area (Å²) in [5.74, 6) is -0.268. The molecule has 0 spiro atoms. The minimum atomic E-state index is -0.310. The molecule has 1 unspecified atom stereocenters. The van der Waals surface area contributed by atoms with Crippen LogP contribution in [0.1, 0.15) is 6.92 Å². The van der Waals surface area contributed by atoms with E-state index in [0.717, 1.165) is 6.54 Å². The lowest BCUT2D eigenvalue weighted by atomic mass is 10.1. The Hall–Kier alpha value is -1.67. The molecular weight excluding hydrogens is 274 g/mol. The van der Waals surface area contributed by atoms with E-state index in [0.29, 0.717) is 26.2 Å². The highest BCUT2D eigenvalue weighted by molar-refractivity contribution is 5.83. The predicted molar refractivity (Wildman–Crippen MR) is 78.6 cm³/mol. The van der Waals surface area contributed by atoms with Crippen LogP contribution in [0.15, 0.2) is 0 Å². The van der Waals surface area contributed by atoms with Crippen molar-refractivity contribution >= 4 is 17.7 Å². The van der Waals surface area contributed by atoms with Crippen molar-refractivity contribution in [2.24, 2.45) is 0 Å². The average Bonchev–Trinajstić information content (AvgIpc) is 2.43. The van der Waals surface area contributed by atoms with Crippen LogP contribution in [-0.4, -0.2) is 86.9 Å². The molecular formula is C13H25N5O3. The highest BCUT2D eigenvalue weighted by Crippen LogP contribution is 2.05. The molecule has 0 radical (unpaired) electrons. The molecule has 0 aromatic heterocycles. The highest BCUT2D eigenvalue weighted by Gasteiger charge is 2.30. The van der Waals surface area contributed by atoms with Gasteiger partial charge in [0.05, 0.1) is 6.54 Å². The maximum atomic E-state index is 12.1. The number of nitrogens with zero attached hydrogens (tertiary/aromatic N) is 2. The lowest BCUT2D eigenvalue weighted by molar-refractivity contribution is -0.136. The van der Waals surface area contributed by atoms with Crippen molar-refractivity contribution in [1.82, 2.24) is 25.8 Å². The number of hydrogen-bond donors (Lipinski definition) is 3. The normalized spacial score (nSPS) is 18.9. The number of hydrogen-bond acceptors (Lipinski definition) is 5. The van der Waals surface area contributed by atoms with Gasteiger partial charge in [-0.15, -0.1) is 0 Å². The molecule has 0 aromatic carbocycles. The van der Waals surface area contributed by atoms with E-state index in [1.807, 2.05) is 4.90 Å². The van der Waals surface area contributed by atoms with E-state index >= 15 is 0 Å². The molecule has 1 aliphatic heterocycles. The third kappa shape index (κ3) is 6.09. The van der Waals surface area contributed by atoms with E-state index in [4.69, 9.17) is 0 Å². The number of carbonyl (C=O) groups is 3. The summed E-state index contributed by atoms with van der Waals surface area (Å²) in [6.45, 7) is 4.38. The third-order valence-corrected chi connectivity index (χ3v) is 3.25. The summed E-state index contributed by atoms with van der Waals surface area (Å²) in [6, 6.07) is -0.310. The fourth-order valence-electron chi connectivity index (χ4n) is 2.16. The molecule has 3 amide bonds. The number of rotatable bonds is 6. The molecule has 8 heteroatoms. The number of amides is 3. The molecule has 8 nitrogen and oxygen atoms in total. The molecule has 0 saturated carbocycles. The van der Waals surface area contributed by atoms with E-state index in [2.05, 4.69) is 16.0 Å². The van der Waals surface area contributed by atoms with Crippen molar-refractivity contribution < 1.29 is 14.4 Å². The summed E-state index contributed by atoms with van der Waals surface area (Å²) in [4.78, 5) is 38.1. The van der Waals surface area contributed by atoms with Gasteiger partial charge in [-0.1, -0.05) is 0 Å². The fourth-order valence-corrected chi connectivity index (χ4v) is 2.16. The summed E-state index contributed by atoms with van der Waals surface area (Å²) in [5.41, 5.74) is 0. The van der Waals surface area contributed by atoms with Crippen LogP contribution in [0.25, 0.3) is 0 Å². The molecule has 3 N–H and O–H groups in total. The minimum absolute atomic E-state index is 0.00625. The van der Waals surface area contributed by atoms with Gasteiger partial charge in [0.15, 0.2) is 0 Å².